The van der Waals surface area contributed by atoms with E-state index in [2.05, 4.69) is 15.3 Å². The van der Waals surface area contributed by atoms with E-state index in [-0.39, 0.29) is 69.1 Å². The number of rotatable bonds is 11. The summed E-state index contributed by atoms with van der Waals surface area (Å²) in [4.78, 5) is 64.7. The van der Waals surface area contributed by atoms with Crippen LogP contribution in [0.15, 0.2) is 36.4 Å². The highest BCUT2D eigenvalue weighted by Crippen LogP contribution is 2.20. The first kappa shape index (κ1) is 29.3. The number of nitrogens with zero attached hydrogens (tertiary/aromatic N) is 4. The summed E-state index contributed by atoms with van der Waals surface area (Å²) in [6.45, 7) is 6.34. The molecule has 2 N–H and O–H groups in total. The van der Waals surface area contributed by atoms with Gasteiger partial charge in [-0.15, -0.1) is 5.06 Å². The lowest BCUT2D eigenvalue weighted by atomic mass is 10.1. The van der Waals surface area contributed by atoms with E-state index in [1.165, 1.54) is 16.0 Å². The van der Waals surface area contributed by atoms with Gasteiger partial charge in [-0.05, 0) is 27.2 Å². The summed E-state index contributed by atoms with van der Waals surface area (Å²) < 4.78 is 10.5. The second-order valence-electron chi connectivity index (χ2n) is 8.93. The van der Waals surface area contributed by atoms with Crippen molar-refractivity contribution in [3.05, 3.63) is 42.1 Å². The lowest BCUT2D eigenvalue weighted by Gasteiger charge is -2.35. The van der Waals surface area contributed by atoms with Gasteiger partial charge in [-0.1, -0.05) is 30.3 Å². The first-order chi connectivity index (χ1) is 18.7. The molecule has 1 aromatic carbocycles. The van der Waals surface area contributed by atoms with Gasteiger partial charge in [0.1, 0.15) is 11.7 Å². The normalized spacial score (nSPS) is 14.4. The highest BCUT2D eigenvalue weighted by molar-refractivity contribution is 5.96. The molecular formula is C26H33N5O8. The molecule has 0 aliphatic carbocycles. The average molecular weight is 544 g/mol. The van der Waals surface area contributed by atoms with Gasteiger partial charge in [-0.25, -0.2) is 9.78 Å². The summed E-state index contributed by atoms with van der Waals surface area (Å²) >= 11 is 0. The molecule has 2 amide bonds. The number of carbonyl (C=O) groups is 4. The van der Waals surface area contributed by atoms with Crippen molar-refractivity contribution in [2.24, 2.45) is 0 Å². The molecule has 3 rings (SSSR count). The summed E-state index contributed by atoms with van der Waals surface area (Å²) in [5.74, 6) is -1.76. The standard InChI is InChI=1S/C26H33N5O8/c1-4-37-26(36)39-31-14-12-30(13-15-31)25(35)19(10-11-22(32)33)28-24(34)20-16-21(38-17(2)3)29-23(27-20)18-8-6-5-7-9-18/h5-9,16-17,19H,4,10-15H2,1-3H3,(H,28,34)(H,32,33)/t19-/m0/s1. The second kappa shape index (κ2) is 14.0. The number of carbonyl (C=O) groups excluding carboxylic acids is 3. The van der Waals surface area contributed by atoms with Crippen molar-refractivity contribution in [3.63, 3.8) is 0 Å². The molecule has 2 heterocycles. The van der Waals surface area contributed by atoms with Crippen LogP contribution in [0.5, 0.6) is 5.88 Å². The van der Waals surface area contributed by atoms with Crippen molar-refractivity contribution in [1.29, 1.82) is 0 Å². The molecule has 0 spiro atoms. The molecule has 39 heavy (non-hydrogen) atoms. The van der Waals surface area contributed by atoms with Gasteiger partial charge in [0.2, 0.25) is 11.8 Å². The predicted molar refractivity (Wildman–Crippen MR) is 138 cm³/mol. The Kier molecular flexibility index (Phi) is 10.6. The summed E-state index contributed by atoms with van der Waals surface area (Å²) in [6.07, 6.45) is -1.49. The number of carboxylic acids is 1. The number of hydrogen-bond acceptors (Lipinski definition) is 10. The van der Waals surface area contributed by atoms with Gasteiger partial charge < -0.3 is 29.6 Å². The first-order valence-corrected chi connectivity index (χ1v) is 12.7. The fourth-order valence-electron chi connectivity index (χ4n) is 3.79. The molecule has 2 aromatic rings. The highest BCUT2D eigenvalue weighted by Gasteiger charge is 2.31. The number of aliphatic carboxylic acids is 1. The third kappa shape index (κ3) is 8.92. The molecule has 0 unspecified atom stereocenters. The van der Waals surface area contributed by atoms with E-state index < -0.39 is 30.0 Å². The van der Waals surface area contributed by atoms with E-state index in [1.54, 1.807) is 19.1 Å². The molecule has 0 radical (unpaired) electrons. The minimum Gasteiger partial charge on any atom is -0.481 e. The Morgan fingerprint density at radius 1 is 1.05 bits per heavy atom. The molecule has 1 aromatic heterocycles. The van der Waals surface area contributed by atoms with Crippen molar-refractivity contribution >= 4 is 23.9 Å². The van der Waals surface area contributed by atoms with Gasteiger partial charge in [-0.2, -0.15) is 4.98 Å². The van der Waals surface area contributed by atoms with E-state index in [0.717, 1.165) is 0 Å². The zero-order valence-corrected chi connectivity index (χ0v) is 22.2. The molecule has 1 aliphatic heterocycles. The van der Waals surface area contributed by atoms with E-state index >= 15 is 0 Å². The van der Waals surface area contributed by atoms with Crippen molar-refractivity contribution in [2.45, 2.75) is 45.8 Å². The number of benzene rings is 1. The maximum absolute atomic E-state index is 13.3. The van der Waals surface area contributed by atoms with Gasteiger partial charge in [0, 0.05) is 31.1 Å². The van der Waals surface area contributed by atoms with Crippen LogP contribution in [-0.4, -0.2) is 93.9 Å². The summed E-state index contributed by atoms with van der Waals surface area (Å²) in [6, 6.07) is 9.31. The maximum Gasteiger partial charge on any atom is 0.527 e. The summed E-state index contributed by atoms with van der Waals surface area (Å²) in [5.41, 5.74) is 0.641. The fourth-order valence-corrected chi connectivity index (χ4v) is 3.79. The van der Waals surface area contributed by atoms with E-state index in [4.69, 9.17) is 14.3 Å². The fraction of sp³-hybridized carbons (Fsp3) is 0.462. The number of aromatic nitrogens is 2. The van der Waals surface area contributed by atoms with Crippen molar-refractivity contribution in [1.82, 2.24) is 25.2 Å². The number of hydrogen-bond donors (Lipinski definition) is 2. The highest BCUT2D eigenvalue weighted by atomic mass is 16.8. The number of hydroxylamine groups is 2. The van der Waals surface area contributed by atoms with Crippen LogP contribution in [0, 0.1) is 0 Å². The Balaban J connectivity index is 1.76. The van der Waals surface area contributed by atoms with Crippen molar-refractivity contribution in [2.75, 3.05) is 32.8 Å². The minimum absolute atomic E-state index is 0.0275. The molecular weight excluding hydrogens is 510 g/mol. The average Bonchev–Trinajstić information content (AvgIpc) is 2.91. The summed E-state index contributed by atoms with van der Waals surface area (Å²) in [7, 11) is 0. The van der Waals surface area contributed by atoms with E-state index in [1.807, 2.05) is 32.0 Å². The number of ether oxygens (including phenoxy) is 2. The van der Waals surface area contributed by atoms with Gasteiger partial charge >= 0.3 is 12.1 Å². The van der Waals surface area contributed by atoms with Crippen LogP contribution in [0.3, 0.4) is 0 Å². The molecule has 1 aliphatic rings. The number of amides is 2. The predicted octanol–water partition coefficient (Wildman–Crippen LogP) is 2.13. The number of carboxylic acid groups (broad SMARTS) is 1. The molecule has 1 atom stereocenters. The third-order valence-electron chi connectivity index (χ3n) is 5.59. The van der Waals surface area contributed by atoms with Gasteiger partial charge in [-0.3, -0.25) is 14.4 Å². The van der Waals surface area contributed by atoms with Crippen LogP contribution in [0.25, 0.3) is 11.4 Å². The second-order valence-corrected chi connectivity index (χ2v) is 8.93. The molecule has 0 bridgehead atoms. The molecule has 13 nitrogen and oxygen atoms in total. The zero-order chi connectivity index (χ0) is 28.4. The quantitative estimate of drug-likeness (QED) is 0.400. The van der Waals surface area contributed by atoms with Crippen LogP contribution < -0.4 is 10.1 Å². The number of piperazine rings is 1. The zero-order valence-electron chi connectivity index (χ0n) is 22.2. The molecule has 1 saturated heterocycles. The van der Waals surface area contributed by atoms with Crippen LogP contribution >= 0.6 is 0 Å². The molecule has 210 valence electrons. The van der Waals surface area contributed by atoms with Crippen LogP contribution in [0.1, 0.15) is 44.1 Å². The molecule has 1 fully saturated rings. The topological polar surface area (TPSA) is 160 Å². The Morgan fingerprint density at radius 2 is 1.74 bits per heavy atom. The van der Waals surface area contributed by atoms with Crippen LogP contribution in [0.2, 0.25) is 0 Å². The minimum atomic E-state index is -1.12. The third-order valence-corrected chi connectivity index (χ3v) is 5.59. The smallest absolute Gasteiger partial charge is 0.481 e. The first-order valence-electron chi connectivity index (χ1n) is 12.7. The number of nitrogens with one attached hydrogen (secondary N) is 1. The van der Waals surface area contributed by atoms with E-state index in [0.29, 0.717) is 5.56 Å². The van der Waals surface area contributed by atoms with Crippen molar-refractivity contribution in [3.8, 4) is 17.3 Å². The van der Waals surface area contributed by atoms with Crippen molar-refractivity contribution < 1.29 is 38.6 Å². The Bertz CT molecular complexity index is 1150. The van der Waals surface area contributed by atoms with Gasteiger partial charge in [0.25, 0.3) is 5.91 Å². The van der Waals surface area contributed by atoms with Crippen LogP contribution in [0.4, 0.5) is 4.79 Å². The maximum atomic E-state index is 13.3. The lowest BCUT2D eigenvalue weighted by Crippen LogP contribution is -2.55. The van der Waals surface area contributed by atoms with Gasteiger partial charge in [0.15, 0.2) is 5.82 Å². The Morgan fingerprint density at radius 3 is 2.36 bits per heavy atom. The van der Waals surface area contributed by atoms with Crippen LogP contribution in [-0.2, 0) is 19.2 Å². The Hall–Kier alpha value is -4.26. The SMILES string of the molecule is CCOC(=O)ON1CCN(C(=O)[C@H](CCC(=O)O)NC(=O)c2cc(OC(C)C)nc(-c3ccccc3)n2)CC1. The van der Waals surface area contributed by atoms with Gasteiger partial charge in [0.05, 0.1) is 25.8 Å². The largest absolute Gasteiger partial charge is 0.527 e. The van der Waals surface area contributed by atoms with E-state index in [9.17, 15) is 24.3 Å². The molecule has 13 heteroatoms. The summed E-state index contributed by atoms with van der Waals surface area (Å²) in [5, 5.41) is 13.2. The monoisotopic (exact) mass is 543 g/mol. The Labute approximate surface area is 226 Å². The molecule has 0 saturated carbocycles. The lowest BCUT2D eigenvalue weighted by molar-refractivity contribution is -0.157.